The van der Waals surface area contributed by atoms with Gasteiger partial charge in [0.15, 0.2) is 0 Å². The van der Waals surface area contributed by atoms with Gasteiger partial charge in [0.25, 0.3) is 10.2 Å². The molecule has 1 fully saturated rings. The highest BCUT2D eigenvalue weighted by molar-refractivity contribution is 7.87. The summed E-state index contributed by atoms with van der Waals surface area (Å²) >= 11 is 0. The summed E-state index contributed by atoms with van der Waals surface area (Å²) in [6.45, 7) is 3.24. The zero-order chi connectivity index (χ0) is 16.5. The van der Waals surface area contributed by atoms with Gasteiger partial charge in [-0.25, -0.2) is 0 Å². The van der Waals surface area contributed by atoms with Crippen LogP contribution in [0.15, 0.2) is 24.3 Å². The molecule has 3 rings (SSSR count). The van der Waals surface area contributed by atoms with Gasteiger partial charge in [-0.05, 0) is 49.1 Å². The first-order valence-electron chi connectivity index (χ1n) is 8.46. The molecule has 1 saturated heterocycles. The third-order valence-electron chi connectivity index (χ3n) is 5.06. The summed E-state index contributed by atoms with van der Waals surface area (Å²) in [5.41, 5.74) is 0.872. The van der Waals surface area contributed by atoms with Crippen LogP contribution in [0.5, 0.6) is 0 Å². The third-order valence-corrected chi connectivity index (χ3v) is 6.58. The smallest absolute Gasteiger partial charge is 0.279 e. The first-order chi connectivity index (χ1) is 10.9. The van der Waals surface area contributed by atoms with Gasteiger partial charge in [-0.2, -0.15) is 17.4 Å². The zero-order valence-electron chi connectivity index (χ0n) is 13.7. The maximum atomic E-state index is 12.5. The summed E-state index contributed by atoms with van der Waals surface area (Å²) in [5, 5.41) is 11.0. The predicted octanol–water partition coefficient (Wildman–Crippen LogP) is 1.78. The molecule has 1 aliphatic heterocycles. The Kier molecular flexibility index (Phi) is 4.78. The van der Waals surface area contributed by atoms with E-state index in [0.29, 0.717) is 25.4 Å². The summed E-state index contributed by atoms with van der Waals surface area (Å²) in [5.74, 6) is 0.388. The largest absolute Gasteiger partial charge is 0.384 e. The molecule has 0 bridgehead atoms. The van der Waals surface area contributed by atoms with Gasteiger partial charge in [0.2, 0.25) is 0 Å². The van der Waals surface area contributed by atoms with Crippen molar-refractivity contribution in [2.24, 2.45) is 5.92 Å². The van der Waals surface area contributed by atoms with Crippen LogP contribution in [0.2, 0.25) is 0 Å². The fraction of sp³-hybridized carbons (Fsp3) is 0.647. The van der Waals surface area contributed by atoms with E-state index in [9.17, 15) is 13.5 Å². The van der Waals surface area contributed by atoms with E-state index in [4.69, 9.17) is 0 Å². The molecule has 2 N–H and O–H groups in total. The fourth-order valence-corrected chi connectivity index (χ4v) is 5.17. The lowest BCUT2D eigenvalue weighted by atomic mass is 9.79. The first-order valence-corrected chi connectivity index (χ1v) is 9.90. The average Bonchev–Trinajstić information content (AvgIpc) is 2.54. The van der Waals surface area contributed by atoms with Crippen molar-refractivity contribution in [3.8, 4) is 0 Å². The molecule has 6 heteroatoms. The number of nitrogens with zero attached hydrogens (tertiary/aromatic N) is 1. The van der Waals surface area contributed by atoms with Crippen LogP contribution in [0.1, 0.15) is 43.7 Å². The number of nitrogens with one attached hydrogen (secondary N) is 1. The van der Waals surface area contributed by atoms with Gasteiger partial charge in [0.05, 0.1) is 0 Å². The van der Waals surface area contributed by atoms with E-state index in [-0.39, 0.29) is 6.54 Å². The summed E-state index contributed by atoms with van der Waals surface area (Å²) in [7, 11) is -3.53. The van der Waals surface area contributed by atoms with E-state index in [1.165, 1.54) is 4.31 Å². The first kappa shape index (κ1) is 16.9. The van der Waals surface area contributed by atoms with Crippen molar-refractivity contribution in [2.75, 3.05) is 19.6 Å². The van der Waals surface area contributed by atoms with Crippen LogP contribution >= 0.6 is 0 Å². The number of benzene rings is 1. The molecule has 5 nitrogen and oxygen atoms in total. The van der Waals surface area contributed by atoms with Gasteiger partial charge >= 0.3 is 0 Å². The second-order valence-electron chi connectivity index (χ2n) is 6.97. The minimum atomic E-state index is -3.53. The molecular formula is C17H26N2O3S. The van der Waals surface area contributed by atoms with Crippen LogP contribution in [0, 0.1) is 5.92 Å². The summed E-state index contributed by atoms with van der Waals surface area (Å²) < 4.78 is 29.2. The van der Waals surface area contributed by atoms with Crippen molar-refractivity contribution >= 4 is 10.2 Å². The van der Waals surface area contributed by atoms with Gasteiger partial charge in [-0.3, -0.25) is 0 Å². The van der Waals surface area contributed by atoms with Gasteiger partial charge in [0, 0.05) is 19.6 Å². The molecule has 2 unspecified atom stereocenters. The van der Waals surface area contributed by atoms with Crippen molar-refractivity contribution in [3.05, 3.63) is 35.4 Å². The molecule has 0 radical (unpaired) electrons. The van der Waals surface area contributed by atoms with E-state index in [2.05, 4.69) is 11.6 Å². The lowest BCUT2D eigenvalue weighted by Crippen LogP contribution is -2.50. The third kappa shape index (κ3) is 3.60. The highest BCUT2D eigenvalue weighted by atomic mass is 32.2. The lowest BCUT2D eigenvalue weighted by molar-refractivity contribution is 0.0238. The SMILES string of the molecule is CC1CCCN(S(=O)(=O)NCC2(O)CCCc3ccccc32)C1. The Bertz CT molecular complexity index is 662. The van der Waals surface area contributed by atoms with E-state index in [1.807, 2.05) is 24.3 Å². The Balaban J connectivity index is 1.73. The molecule has 2 aliphatic rings. The number of aryl methyl sites for hydroxylation is 1. The van der Waals surface area contributed by atoms with Crippen molar-refractivity contribution < 1.29 is 13.5 Å². The monoisotopic (exact) mass is 338 g/mol. The second-order valence-corrected chi connectivity index (χ2v) is 8.73. The van der Waals surface area contributed by atoms with E-state index >= 15 is 0 Å². The van der Waals surface area contributed by atoms with Crippen LogP contribution in [-0.4, -0.2) is 37.5 Å². The number of piperidine rings is 1. The molecule has 0 saturated carbocycles. The molecule has 23 heavy (non-hydrogen) atoms. The number of rotatable bonds is 4. The Morgan fingerprint density at radius 2 is 2.13 bits per heavy atom. The molecule has 0 amide bonds. The topological polar surface area (TPSA) is 69.6 Å². The molecule has 1 aromatic rings. The van der Waals surface area contributed by atoms with Crippen LogP contribution in [-0.2, 0) is 22.2 Å². The van der Waals surface area contributed by atoms with E-state index in [0.717, 1.165) is 36.8 Å². The molecule has 1 aromatic carbocycles. The van der Waals surface area contributed by atoms with Crippen molar-refractivity contribution in [2.45, 2.75) is 44.6 Å². The van der Waals surface area contributed by atoms with Gasteiger partial charge < -0.3 is 5.11 Å². The number of aliphatic hydroxyl groups is 1. The highest BCUT2D eigenvalue weighted by Gasteiger charge is 2.36. The fourth-order valence-electron chi connectivity index (χ4n) is 3.75. The lowest BCUT2D eigenvalue weighted by Gasteiger charge is -2.36. The second kappa shape index (κ2) is 6.51. The average molecular weight is 338 g/mol. The van der Waals surface area contributed by atoms with Crippen LogP contribution in [0.3, 0.4) is 0 Å². The number of hydrogen-bond donors (Lipinski definition) is 2. The van der Waals surface area contributed by atoms with Crippen LogP contribution in [0.25, 0.3) is 0 Å². The Labute approximate surface area is 138 Å². The Morgan fingerprint density at radius 3 is 2.91 bits per heavy atom. The van der Waals surface area contributed by atoms with Crippen molar-refractivity contribution in [3.63, 3.8) is 0 Å². The Morgan fingerprint density at radius 1 is 1.35 bits per heavy atom. The number of hydrogen-bond acceptors (Lipinski definition) is 3. The van der Waals surface area contributed by atoms with Gasteiger partial charge in [-0.15, -0.1) is 0 Å². The predicted molar refractivity (Wildman–Crippen MR) is 90.2 cm³/mol. The summed E-state index contributed by atoms with van der Waals surface area (Å²) in [6.07, 6.45) is 4.37. The van der Waals surface area contributed by atoms with Crippen molar-refractivity contribution in [1.82, 2.24) is 9.03 Å². The normalized spacial score (nSPS) is 29.2. The van der Waals surface area contributed by atoms with Gasteiger partial charge in [0.1, 0.15) is 5.60 Å². The minimum Gasteiger partial charge on any atom is -0.384 e. The Hall–Kier alpha value is -0.950. The molecule has 2 atom stereocenters. The summed E-state index contributed by atoms with van der Waals surface area (Å²) in [4.78, 5) is 0. The van der Waals surface area contributed by atoms with Crippen LogP contribution in [0.4, 0.5) is 0 Å². The van der Waals surface area contributed by atoms with Crippen molar-refractivity contribution in [1.29, 1.82) is 0 Å². The van der Waals surface area contributed by atoms with Crippen LogP contribution < -0.4 is 4.72 Å². The highest BCUT2D eigenvalue weighted by Crippen LogP contribution is 2.35. The maximum absolute atomic E-state index is 12.5. The molecule has 1 aliphatic carbocycles. The zero-order valence-corrected chi connectivity index (χ0v) is 14.5. The van der Waals surface area contributed by atoms with E-state index < -0.39 is 15.8 Å². The maximum Gasteiger partial charge on any atom is 0.279 e. The quantitative estimate of drug-likeness (QED) is 0.879. The molecule has 0 aromatic heterocycles. The molecular weight excluding hydrogens is 312 g/mol. The molecule has 1 heterocycles. The standard InChI is InChI=1S/C17H26N2O3S/c1-14-6-5-11-19(12-14)23(21,22)18-13-17(20)10-4-8-15-7-2-3-9-16(15)17/h2-3,7,9,14,18,20H,4-6,8,10-13H2,1H3. The summed E-state index contributed by atoms with van der Waals surface area (Å²) in [6, 6.07) is 7.78. The molecule has 0 spiro atoms. The molecule has 128 valence electrons. The number of fused-ring (bicyclic) bond motifs is 1. The van der Waals surface area contributed by atoms with Gasteiger partial charge in [-0.1, -0.05) is 31.2 Å². The van der Waals surface area contributed by atoms with E-state index in [1.54, 1.807) is 0 Å². The minimum absolute atomic E-state index is 0.0389.